The van der Waals surface area contributed by atoms with Gasteiger partial charge in [-0.3, -0.25) is 4.79 Å². The fraction of sp³-hybridized carbons (Fsp3) is 0.727. The van der Waals surface area contributed by atoms with E-state index in [1.807, 2.05) is 6.92 Å². The number of anilines is 1. The zero-order valence-corrected chi connectivity index (χ0v) is 13.1. The largest absolute Gasteiger partial charge is 0.301 e. The van der Waals surface area contributed by atoms with Gasteiger partial charge in [0.25, 0.3) is 10.0 Å². The van der Waals surface area contributed by atoms with Gasteiger partial charge < -0.3 is 5.32 Å². The third-order valence-corrected chi connectivity index (χ3v) is 6.20. The predicted octanol–water partition coefficient (Wildman–Crippen LogP) is 1.31. The van der Waals surface area contributed by atoms with Gasteiger partial charge in [0.05, 0.1) is 0 Å². The smallest absolute Gasteiger partial charge is 0.272 e. The van der Waals surface area contributed by atoms with Gasteiger partial charge >= 0.3 is 0 Å². The molecule has 1 aliphatic rings. The zero-order chi connectivity index (χ0) is 14.8. The average molecular weight is 318 g/mol. The number of amides is 1. The van der Waals surface area contributed by atoms with Crippen LogP contribution in [0.15, 0.2) is 4.34 Å². The van der Waals surface area contributed by atoms with Gasteiger partial charge in [-0.2, -0.15) is 4.31 Å². The Morgan fingerprint density at radius 1 is 1.50 bits per heavy atom. The van der Waals surface area contributed by atoms with Crippen LogP contribution in [0.25, 0.3) is 0 Å². The molecule has 1 atom stereocenters. The Morgan fingerprint density at radius 2 is 2.25 bits per heavy atom. The second-order valence-electron chi connectivity index (χ2n) is 4.89. The maximum absolute atomic E-state index is 12.4. The molecular formula is C11H18N4O3S2. The van der Waals surface area contributed by atoms with E-state index in [2.05, 4.69) is 15.5 Å². The highest BCUT2D eigenvalue weighted by molar-refractivity contribution is 7.91. The van der Waals surface area contributed by atoms with E-state index in [0.717, 1.165) is 24.2 Å². The predicted molar refractivity (Wildman–Crippen MR) is 76.0 cm³/mol. The first-order chi connectivity index (χ1) is 9.43. The van der Waals surface area contributed by atoms with Crippen LogP contribution >= 0.6 is 11.3 Å². The molecule has 1 aliphatic heterocycles. The second kappa shape index (κ2) is 6.15. The van der Waals surface area contributed by atoms with Crippen molar-refractivity contribution in [1.82, 2.24) is 14.5 Å². The number of carbonyl (C=O) groups excluding carboxylic acids is 1. The lowest BCUT2D eigenvalue weighted by atomic mass is 10.0. The van der Waals surface area contributed by atoms with E-state index in [9.17, 15) is 13.2 Å². The Morgan fingerprint density at radius 3 is 2.90 bits per heavy atom. The molecule has 1 aromatic rings. The third-order valence-electron chi connectivity index (χ3n) is 3.15. The summed E-state index contributed by atoms with van der Waals surface area (Å²) in [5, 5.41) is 10.2. The van der Waals surface area contributed by atoms with E-state index in [1.165, 1.54) is 4.31 Å². The molecule has 2 heterocycles. The fourth-order valence-corrected chi connectivity index (χ4v) is 4.70. The Labute approximate surface area is 122 Å². The van der Waals surface area contributed by atoms with Crippen LogP contribution in [-0.4, -0.2) is 41.9 Å². The fourth-order valence-electron chi connectivity index (χ4n) is 2.05. The van der Waals surface area contributed by atoms with E-state index in [0.29, 0.717) is 25.4 Å². The molecule has 0 bridgehead atoms. The molecule has 0 radical (unpaired) electrons. The summed E-state index contributed by atoms with van der Waals surface area (Å²) in [5.41, 5.74) is 0. The maximum atomic E-state index is 12.4. The number of nitrogens with zero attached hydrogens (tertiary/aromatic N) is 3. The van der Waals surface area contributed by atoms with E-state index >= 15 is 0 Å². The van der Waals surface area contributed by atoms with Crippen molar-refractivity contribution in [3.8, 4) is 0 Å². The number of nitrogens with one attached hydrogen (secondary N) is 1. The van der Waals surface area contributed by atoms with E-state index in [-0.39, 0.29) is 15.4 Å². The minimum absolute atomic E-state index is 0.0574. The molecule has 20 heavy (non-hydrogen) atoms. The lowest BCUT2D eigenvalue weighted by molar-refractivity contribution is -0.115. The molecule has 2 rings (SSSR count). The molecule has 1 fully saturated rings. The molecule has 0 saturated carbocycles. The molecule has 0 aliphatic carbocycles. The summed E-state index contributed by atoms with van der Waals surface area (Å²) in [4.78, 5) is 11.3. The first-order valence-electron chi connectivity index (χ1n) is 6.57. The van der Waals surface area contributed by atoms with E-state index < -0.39 is 10.0 Å². The van der Waals surface area contributed by atoms with Crippen LogP contribution in [0, 0.1) is 5.92 Å². The van der Waals surface area contributed by atoms with Crippen LogP contribution in [0.5, 0.6) is 0 Å². The summed E-state index contributed by atoms with van der Waals surface area (Å²) in [7, 11) is -3.59. The molecule has 7 nitrogen and oxygen atoms in total. The molecule has 0 spiro atoms. The number of piperidine rings is 1. The first-order valence-corrected chi connectivity index (χ1v) is 8.82. The van der Waals surface area contributed by atoms with Crippen molar-refractivity contribution in [2.75, 3.05) is 18.4 Å². The van der Waals surface area contributed by atoms with Gasteiger partial charge in [0.15, 0.2) is 0 Å². The van der Waals surface area contributed by atoms with Crippen molar-refractivity contribution in [3.63, 3.8) is 0 Å². The lowest BCUT2D eigenvalue weighted by Gasteiger charge is -2.28. The molecule has 1 N–H and O–H groups in total. The number of aromatic nitrogens is 2. The molecular weight excluding hydrogens is 300 g/mol. The van der Waals surface area contributed by atoms with Gasteiger partial charge in [-0.15, -0.1) is 10.2 Å². The Balaban J connectivity index is 2.15. The Hall–Kier alpha value is -1.06. The molecule has 1 aromatic heterocycles. The number of hydrogen-bond acceptors (Lipinski definition) is 6. The molecule has 112 valence electrons. The average Bonchev–Trinajstić information content (AvgIpc) is 2.87. The normalized spacial score (nSPS) is 20.8. The minimum Gasteiger partial charge on any atom is -0.301 e. The van der Waals surface area contributed by atoms with Crippen molar-refractivity contribution in [2.45, 2.75) is 37.4 Å². The SMILES string of the molecule is CCC(=O)Nc1nnc(S(=O)(=O)N2CCC[C@@H](C)C2)s1. The third kappa shape index (κ3) is 3.33. The van der Waals surface area contributed by atoms with Crippen molar-refractivity contribution < 1.29 is 13.2 Å². The van der Waals surface area contributed by atoms with E-state index in [1.54, 1.807) is 6.92 Å². The van der Waals surface area contributed by atoms with Crippen LogP contribution < -0.4 is 5.32 Å². The lowest BCUT2D eigenvalue weighted by Crippen LogP contribution is -2.39. The summed E-state index contributed by atoms with van der Waals surface area (Å²) >= 11 is 0.895. The van der Waals surface area contributed by atoms with Crippen molar-refractivity contribution in [3.05, 3.63) is 0 Å². The summed E-state index contributed by atoms with van der Waals surface area (Å²) in [6, 6.07) is 0. The molecule has 9 heteroatoms. The summed E-state index contributed by atoms with van der Waals surface area (Å²) in [6.07, 6.45) is 2.21. The van der Waals surface area contributed by atoms with Crippen molar-refractivity contribution >= 4 is 32.4 Å². The number of rotatable bonds is 4. The quantitative estimate of drug-likeness (QED) is 0.845. The highest BCUT2D eigenvalue weighted by Gasteiger charge is 2.31. The van der Waals surface area contributed by atoms with Crippen molar-refractivity contribution in [1.29, 1.82) is 0 Å². The Kier molecular flexibility index (Phi) is 4.71. The van der Waals surface area contributed by atoms with Gasteiger partial charge in [0.2, 0.25) is 15.4 Å². The molecule has 1 saturated heterocycles. The van der Waals surface area contributed by atoms with Crippen LogP contribution in [-0.2, 0) is 14.8 Å². The van der Waals surface area contributed by atoms with Crippen LogP contribution in [0.1, 0.15) is 33.1 Å². The van der Waals surface area contributed by atoms with E-state index in [4.69, 9.17) is 0 Å². The van der Waals surface area contributed by atoms with Gasteiger partial charge in [-0.25, -0.2) is 8.42 Å². The number of carbonyl (C=O) groups is 1. The van der Waals surface area contributed by atoms with Gasteiger partial charge in [0, 0.05) is 19.5 Å². The highest BCUT2D eigenvalue weighted by Crippen LogP contribution is 2.27. The topological polar surface area (TPSA) is 92.3 Å². The van der Waals surface area contributed by atoms with Crippen molar-refractivity contribution in [2.24, 2.45) is 5.92 Å². The minimum atomic E-state index is -3.59. The monoisotopic (exact) mass is 318 g/mol. The van der Waals surface area contributed by atoms with Gasteiger partial charge in [0.1, 0.15) is 0 Å². The first kappa shape index (κ1) is 15.3. The summed E-state index contributed by atoms with van der Waals surface area (Å²) < 4.78 is 26.2. The van der Waals surface area contributed by atoms with Crippen LogP contribution in [0.4, 0.5) is 5.13 Å². The van der Waals surface area contributed by atoms with Gasteiger partial charge in [-0.05, 0) is 18.8 Å². The second-order valence-corrected chi connectivity index (χ2v) is 7.97. The number of hydrogen-bond donors (Lipinski definition) is 1. The summed E-state index contributed by atoms with van der Waals surface area (Å²) in [6.45, 7) is 4.78. The molecule has 0 aromatic carbocycles. The standard InChI is InChI=1S/C11H18N4O3S2/c1-3-9(16)12-10-13-14-11(19-10)20(17,18)15-6-4-5-8(2)7-15/h8H,3-7H2,1-2H3,(H,12,13,16)/t8-/m1/s1. The zero-order valence-electron chi connectivity index (χ0n) is 11.5. The molecule has 1 amide bonds. The summed E-state index contributed by atoms with van der Waals surface area (Å²) in [5.74, 6) is 0.141. The number of sulfonamides is 1. The van der Waals surface area contributed by atoms with Crippen LogP contribution in [0.3, 0.4) is 0 Å². The van der Waals surface area contributed by atoms with Crippen LogP contribution in [0.2, 0.25) is 0 Å². The maximum Gasteiger partial charge on any atom is 0.272 e. The van der Waals surface area contributed by atoms with Gasteiger partial charge in [-0.1, -0.05) is 25.2 Å². The Bertz CT molecular complexity index is 584. The highest BCUT2D eigenvalue weighted by atomic mass is 32.2. The molecule has 0 unspecified atom stereocenters.